The van der Waals surface area contributed by atoms with E-state index in [0.29, 0.717) is 0 Å². The van der Waals surface area contributed by atoms with Crippen LogP contribution >= 0.6 is 11.3 Å². The lowest BCUT2D eigenvalue weighted by molar-refractivity contribution is 0.737. The van der Waals surface area contributed by atoms with Crippen molar-refractivity contribution in [3.63, 3.8) is 0 Å². The molecule has 0 aliphatic rings. The third-order valence-corrected chi connectivity index (χ3v) is 3.94. The number of nitrogens with one attached hydrogen (secondary N) is 1. The standard InChI is InChI=1S/C14H18N4S.C4H10/c1-8(2)11(13(15-4)16-5)14-18-12-9(3)17-7-6-10(12)19-14;1-4(2)3/h6-7H,1-5H3,(H,15,16);4H,1-3H3. The second kappa shape index (κ2) is 8.77. The van der Waals surface area contributed by atoms with Crippen LogP contribution in [0.25, 0.3) is 15.8 Å². The van der Waals surface area contributed by atoms with E-state index in [1.165, 1.54) is 5.57 Å². The molecule has 0 unspecified atom stereocenters. The van der Waals surface area contributed by atoms with Gasteiger partial charge in [0.2, 0.25) is 0 Å². The molecule has 2 aromatic rings. The highest BCUT2D eigenvalue weighted by Gasteiger charge is 2.15. The van der Waals surface area contributed by atoms with Crippen LogP contribution in [0.2, 0.25) is 0 Å². The van der Waals surface area contributed by atoms with Crippen LogP contribution in [-0.2, 0) is 0 Å². The molecule has 0 atom stereocenters. The predicted octanol–water partition coefficient (Wildman–Crippen LogP) is 4.70. The second-order valence-corrected chi connectivity index (χ2v) is 7.22. The van der Waals surface area contributed by atoms with Gasteiger partial charge in [-0.2, -0.15) is 0 Å². The van der Waals surface area contributed by atoms with Crippen LogP contribution in [0.3, 0.4) is 0 Å². The molecule has 0 aliphatic heterocycles. The number of aryl methyl sites for hydroxylation is 1. The van der Waals surface area contributed by atoms with Crippen molar-refractivity contribution in [2.45, 2.75) is 41.5 Å². The molecule has 5 heteroatoms. The Kier molecular flexibility index (Phi) is 7.36. The van der Waals surface area contributed by atoms with Crippen molar-refractivity contribution in [3.05, 3.63) is 28.5 Å². The van der Waals surface area contributed by atoms with Gasteiger partial charge in [-0.15, -0.1) is 11.3 Å². The zero-order valence-electron chi connectivity index (χ0n) is 15.5. The molecule has 4 nitrogen and oxygen atoms in total. The molecule has 2 aromatic heterocycles. The van der Waals surface area contributed by atoms with Crippen LogP contribution in [0.1, 0.15) is 45.3 Å². The number of amidine groups is 1. The van der Waals surface area contributed by atoms with Gasteiger partial charge in [-0.25, -0.2) is 4.98 Å². The number of allylic oxidation sites excluding steroid dienone is 1. The van der Waals surface area contributed by atoms with E-state index in [-0.39, 0.29) is 0 Å². The molecule has 0 fully saturated rings. The maximum absolute atomic E-state index is 4.73. The Morgan fingerprint density at radius 3 is 2.30 bits per heavy atom. The van der Waals surface area contributed by atoms with Crippen molar-refractivity contribution in [2.75, 3.05) is 14.1 Å². The van der Waals surface area contributed by atoms with Crippen molar-refractivity contribution < 1.29 is 0 Å². The molecule has 0 radical (unpaired) electrons. The molecule has 126 valence electrons. The van der Waals surface area contributed by atoms with Crippen LogP contribution in [-0.4, -0.2) is 29.9 Å². The molecule has 1 N–H and O–H groups in total. The summed E-state index contributed by atoms with van der Waals surface area (Å²) in [5.74, 6) is 1.70. The minimum Gasteiger partial charge on any atom is -0.373 e. The normalized spacial score (nSPS) is 11.3. The van der Waals surface area contributed by atoms with Crippen LogP contribution in [0.4, 0.5) is 0 Å². The Balaban J connectivity index is 0.000000593. The largest absolute Gasteiger partial charge is 0.373 e. The van der Waals surface area contributed by atoms with E-state index in [0.717, 1.165) is 38.2 Å². The first-order valence-corrected chi connectivity index (χ1v) is 8.68. The fourth-order valence-corrected chi connectivity index (χ4v) is 3.16. The first kappa shape index (κ1) is 19.3. The number of fused-ring (bicyclic) bond motifs is 1. The third kappa shape index (κ3) is 5.13. The Labute approximate surface area is 143 Å². The van der Waals surface area contributed by atoms with Crippen molar-refractivity contribution >= 4 is 33.0 Å². The highest BCUT2D eigenvalue weighted by Crippen LogP contribution is 2.30. The highest BCUT2D eigenvalue weighted by molar-refractivity contribution is 7.19. The van der Waals surface area contributed by atoms with Gasteiger partial charge in [0.15, 0.2) is 0 Å². The van der Waals surface area contributed by atoms with Crippen molar-refractivity contribution in [1.82, 2.24) is 15.3 Å². The number of hydrogen-bond donors (Lipinski definition) is 1. The first-order chi connectivity index (χ1) is 10.8. The number of nitrogens with zero attached hydrogens (tertiary/aromatic N) is 3. The molecular formula is C18H28N4S. The highest BCUT2D eigenvalue weighted by atomic mass is 32.1. The summed E-state index contributed by atoms with van der Waals surface area (Å²) in [5, 5.41) is 4.12. The number of rotatable bonds is 2. The number of aromatic nitrogens is 2. The maximum Gasteiger partial charge on any atom is 0.130 e. The van der Waals surface area contributed by atoms with E-state index in [1.54, 1.807) is 18.4 Å². The zero-order chi connectivity index (χ0) is 17.6. The van der Waals surface area contributed by atoms with Crippen LogP contribution in [0.15, 0.2) is 22.8 Å². The summed E-state index contributed by atoms with van der Waals surface area (Å²) >= 11 is 1.68. The average Bonchev–Trinajstić information content (AvgIpc) is 2.88. The smallest absolute Gasteiger partial charge is 0.130 e. The molecule has 0 spiro atoms. The molecule has 0 aromatic carbocycles. The summed E-state index contributed by atoms with van der Waals surface area (Å²) in [6, 6.07) is 2.01. The van der Waals surface area contributed by atoms with E-state index < -0.39 is 0 Å². The van der Waals surface area contributed by atoms with Crippen LogP contribution in [0, 0.1) is 12.8 Å². The van der Waals surface area contributed by atoms with E-state index in [9.17, 15) is 0 Å². The van der Waals surface area contributed by atoms with E-state index in [1.807, 2.05) is 26.2 Å². The summed E-state index contributed by atoms with van der Waals surface area (Å²) in [6.45, 7) is 12.6. The fourth-order valence-electron chi connectivity index (χ4n) is 1.99. The molecule has 23 heavy (non-hydrogen) atoms. The minimum absolute atomic E-state index is 0.833. The maximum atomic E-state index is 4.73. The lowest BCUT2D eigenvalue weighted by Gasteiger charge is -2.09. The van der Waals surface area contributed by atoms with Gasteiger partial charge in [0.05, 0.1) is 16.0 Å². The van der Waals surface area contributed by atoms with Gasteiger partial charge in [0.1, 0.15) is 16.4 Å². The Hall–Kier alpha value is -1.75. The predicted molar refractivity (Wildman–Crippen MR) is 103 cm³/mol. The summed E-state index contributed by atoms with van der Waals surface area (Å²) in [4.78, 5) is 13.3. The SMILES string of the molecule is CC(C)C.CN=C(NC)C(=C(C)C)c1nc2c(C)nccc2s1. The van der Waals surface area contributed by atoms with Crippen molar-refractivity contribution in [1.29, 1.82) is 0 Å². The minimum atomic E-state index is 0.833. The number of hydrogen-bond acceptors (Lipinski definition) is 4. The number of likely N-dealkylation sites (N-methyl/N-ethyl adjacent to an activating group) is 1. The Morgan fingerprint density at radius 1 is 1.26 bits per heavy atom. The molecule has 0 saturated heterocycles. The zero-order valence-corrected chi connectivity index (χ0v) is 16.3. The third-order valence-electron chi connectivity index (χ3n) is 2.90. The number of thiazole rings is 1. The molecule has 2 heterocycles. The lowest BCUT2D eigenvalue weighted by atomic mass is 10.1. The van der Waals surface area contributed by atoms with Crippen LogP contribution in [0.5, 0.6) is 0 Å². The lowest BCUT2D eigenvalue weighted by Crippen LogP contribution is -2.20. The van der Waals surface area contributed by atoms with E-state index >= 15 is 0 Å². The van der Waals surface area contributed by atoms with Gasteiger partial charge in [-0.3, -0.25) is 9.98 Å². The summed E-state index contributed by atoms with van der Waals surface area (Å²) in [7, 11) is 3.67. The number of aliphatic imine (C=N–C) groups is 1. The van der Waals surface area contributed by atoms with Gasteiger partial charge in [0.25, 0.3) is 0 Å². The van der Waals surface area contributed by atoms with Gasteiger partial charge >= 0.3 is 0 Å². The monoisotopic (exact) mass is 332 g/mol. The number of pyridine rings is 1. The van der Waals surface area contributed by atoms with E-state index in [2.05, 4.69) is 49.9 Å². The van der Waals surface area contributed by atoms with Gasteiger partial charge < -0.3 is 5.32 Å². The first-order valence-electron chi connectivity index (χ1n) is 7.86. The summed E-state index contributed by atoms with van der Waals surface area (Å²) < 4.78 is 1.16. The second-order valence-electron chi connectivity index (χ2n) is 6.19. The van der Waals surface area contributed by atoms with Crippen molar-refractivity contribution in [3.8, 4) is 0 Å². The summed E-state index contributed by atoms with van der Waals surface area (Å²) in [5.41, 5.74) is 4.21. The molecule has 0 amide bonds. The average molecular weight is 333 g/mol. The van der Waals surface area contributed by atoms with E-state index in [4.69, 9.17) is 4.98 Å². The topological polar surface area (TPSA) is 50.2 Å². The summed E-state index contributed by atoms with van der Waals surface area (Å²) in [6.07, 6.45) is 1.83. The molecular weight excluding hydrogens is 304 g/mol. The quantitative estimate of drug-likeness (QED) is 0.640. The molecule has 2 rings (SSSR count). The van der Waals surface area contributed by atoms with Crippen molar-refractivity contribution in [2.24, 2.45) is 10.9 Å². The molecule has 0 aliphatic carbocycles. The van der Waals surface area contributed by atoms with Gasteiger partial charge in [-0.1, -0.05) is 26.3 Å². The molecule has 0 saturated carbocycles. The van der Waals surface area contributed by atoms with Gasteiger partial charge in [0, 0.05) is 20.3 Å². The Bertz CT molecular complexity index is 704. The fraction of sp³-hybridized carbons (Fsp3) is 0.500. The molecule has 0 bridgehead atoms. The Morgan fingerprint density at radius 2 is 1.87 bits per heavy atom. The van der Waals surface area contributed by atoms with Gasteiger partial charge in [-0.05, 0) is 32.8 Å². The van der Waals surface area contributed by atoms with Crippen LogP contribution < -0.4 is 5.32 Å².